The molecule has 3 heteroatoms. The van der Waals surface area contributed by atoms with E-state index in [1.807, 2.05) is 31.2 Å². The summed E-state index contributed by atoms with van der Waals surface area (Å²) in [5, 5.41) is 0. The van der Waals surface area contributed by atoms with E-state index >= 15 is 0 Å². The first-order valence-electron chi connectivity index (χ1n) is 5.94. The molecular weight excluding hydrogens is 216 g/mol. The standard InChI is InChI=1S/C14H18O3/c1-14(7-4-8-17-14)13(15)10-11-5-3-6-12(9-11)16-2/h3,5-6,9H,4,7-8,10H2,1-2H3. The van der Waals surface area contributed by atoms with Gasteiger partial charge in [0.15, 0.2) is 5.78 Å². The second kappa shape index (κ2) is 4.88. The van der Waals surface area contributed by atoms with Gasteiger partial charge in [0.1, 0.15) is 11.4 Å². The molecule has 92 valence electrons. The Labute approximate surface area is 102 Å². The fraction of sp³-hybridized carbons (Fsp3) is 0.500. The maximum absolute atomic E-state index is 12.2. The third kappa shape index (κ3) is 2.67. The van der Waals surface area contributed by atoms with Gasteiger partial charge < -0.3 is 9.47 Å². The van der Waals surface area contributed by atoms with E-state index in [-0.39, 0.29) is 5.78 Å². The molecule has 3 nitrogen and oxygen atoms in total. The van der Waals surface area contributed by atoms with Crippen molar-refractivity contribution >= 4 is 5.78 Å². The van der Waals surface area contributed by atoms with Crippen LogP contribution in [0.3, 0.4) is 0 Å². The predicted octanol–water partition coefficient (Wildman–Crippen LogP) is 2.38. The van der Waals surface area contributed by atoms with Crippen LogP contribution in [0.2, 0.25) is 0 Å². The summed E-state index contributed by atoms with van der Waals surface area (Å²) in [5.41, 5.74) is 0.398. The Morgan fingerprint density at radius 3 is 3.00 bits per heavy atom. The number of rotatable bonds is 4. The normalized spacial score (nSPS) is 23.6. The lowest BCUT2D eigenvalue weighted by atomic mass is 9.92. The summed E-state index contributed by atoms with van der Waals surface area (Å²) in [6.07, 6.45) is 2.21. The first kappa shape index (κ1) is 12.1. The van der Waals surface area contributed by atoms with E-state index in [1.165, 1.54) is 0 Å². The van der Waals surface area contributed by atoms with Crippen molar-refractivity contribution in [3.8, 4) is 5.75 Å². The zero-order valence-electron chi connectivity index (χ0n) is 10.4. The van der Waals surface area contributed by atoms with E-state index in [2.05, 4.69) is 0 Å². The Hall–Kier alpha value is -1.35. The third-order valence-corrected chi connectivity index (χ3v) is 3.31. The van der Waals surface area contributed by atoms with Crippen LogP contribution in [0.15, 0.2) is 24.3 Å². The average molecular weight is 234 g/mol. The number of ether oxygens (including phenoxy) is 2. The van der Waals surface area contributed by atoms with Crippen LogP contribution < -0.4 is 4.74 Å². The van der Waals surface area contributed by atoms with Crippen molar-refractivity contribution in [2.45, 2.75) is 31.8 Å². The molecular formula is C14H18O3. The van der Waals surface area contributed by atoms with E-state index < -0.39 is 5.60 Å². The van der Waals surface area contributed by atoms with E-state index in [4.69, 9.17) is 9.47 Å². The van der Waals surface area contributed by atoms with Crippen molar-refractivity contribution in [1.29, 1.82) is 0 Å². The highest BCUT2D eigenvalue weighted by molar-refractivity contribution is 5.89. The SMILES string of the molecule is COc1cccc(CC(=O)C2(C)CCCO2)c1. The quantitative estimate of drug-likeness (QED) is 0.802. The van der Waals surface area contributed by atoms with Gasteiger partial charge in [-0.15, -0.1) is 0 Å². The van der Waals surface area contributed by atoms with Crippen LogP contribution >= 0.6 is 0 Å². The van der Waals surface area contributed by atoms with Crippen LogP contribution in [0.4, 0.5) is 0 Å². The minimum atomic E-state index is -0.580. The van der Waals surface area contributed by atoms with Gasteiger partial charge in [0, 0.05) is 13.0 Å². The number of carbonyl (C=O) groups is 1. The van der Waals surface area contributed by atoms with Gasteiger partial charge in [0.25, 0.3) is 0 Å². The molecule has 1 aliphatic heterocycles. The molecule has 0 radical (unpaired) electrons. The molecule has 0 spiro atoms. The van der Waals surface area contributed by atoms with Crippen molar-refractivity contribution in [2.75, 3.05) is 13.7 Å². The molecule has 0 aliphatic carbocycles. The van der Waals surface area contributed by atoms with Gasteiger partial charge in [-0.25, -0.2) is 0 Å². The van der Waals surface area contributed by atoms with Gasteiger partial charge in [0.2, 0.25) is 0 Å². The van der Waals surface area contributed by atoms with E-state index in [0.717, 1.165) is 24.2 Å². The zero-order chi connectivity index (χ0) is 12.3. The summed E-state index contributed by atoms with van der Waals surface area (Å²) >= 11 is 0. The summed E-state index contributed by atoms with van der Waals surface area (Å²) < 4.78 is 10.7. The number of benzene rings is 1. The largest absolute Gasteiger partial charge is 0.497 e. The fourth-order valence-corrected chi connectivity index (χ4v) is 2.15. The highest BCUT2D eigenvalue weighted by atomic mass is 16.5. The highest BCUT2D eigenvalue weighted by Crippen LogP contribution is 2.27. The molecule has 0 N–H and O–H groups in total. The number of Topliss-reactive ketones (excluding diaryl/α,β-unsaturated/α-hetero) is 1. The number of carbonyl (C=O) groups excluding carboxylic acids is 1. The summed E-state index contributed by atoms with van der Waals surface area (Å²) in [7, 11) is 1.63. The molecule has 1 aliphatic rings. The molecule has 0 aromatic heterocycles. The number of hydrogen-bond donors (Lipinski definition) is 0. The topological polar surface area (TPSA) is 35.5 Å². The molecule has 1 unspecified atom stereocenters. The molecule has 1 aromatic rings. The van der Waals surface area contributed by atoms with E-state index in [9.17, 15) is 4.79 Å². The first-order chi connectivity index (χ1) is 8.14. The summed E-state index contributed by atoms with van der Waals surface area (Å²) in [6.45, 7) is 2.59. The van der Waals surface area contributed by atoms with Crippen molar-refractivity contribution in [1.82, 2.24) is 0 Å². The number of hydrogen-bond acceptors (Lipinski definition) is 3. The minimum absolute atomic E-state index is 0.156. The Morgan fingerprint density at radius 1 is 1.53 bits per heavy atom. The van der Waals surface area contributed by atoms with Crippen molar-refractivity contribution < 1.29 is 14.3 Å². The van der Waals surface area contributed by atoms with Crippen LogP contribution in [0.5, 0.6) is 5.75 Å². The Kier molecular flexibility index (Phi) is 3.48. The maximum Gasteiger partial charge on any atom is 0.168 e. The van der Waals surface area contributed by atoms with Crippen molar-refractivity contribution in [2.24, 2.45) is 0 Å². The van der Waals surface area contributed by atoms with Gasteiger partial charge in [-0.05, 0) is 37.5 Å². The first-order valence-corrected chi connectivity index (χ1v) is 5.94. The molecule has 1 fully saturated rings. The van der Waals surface area contributed by atoms with Crippen LogP contribution in [0, 0.1) is 0 Å². The molecule has 1 atom stereocenters. The molecule has 1 heterocycles. The second-order valence-electron chi connectivity index (χ2n) is 4.63. The molecule has 1 saturated heterocycles. The zero-order valence-corrected chi connectivity index (χ0v) is 10.4. The Morgan fingerprint density at radius 2 is 2.35 bits per heavy atom. The predicted molar refractivity (Wildman–Crippen MR) is 65.3 cm³/mol. The molecule has 0 amide bonds. The summed E-state index contributed by atoms with van der Waals surface area (Å²) in [5.74, 6) is 0.941. The molecule has 1 aromatic carbocycles. The Balaban J connectivity index is 2.07. The fourth-order valence-electron chi connectivity index (χ4n) is 2.15. The summed E-state index contributed by atoms with van der Waals surface area (Å²) in [4.78, 5) is 12.2. The summed E-state index contributed by atoms with van der Waals surface area (Å²) in [6, 6.07) is 7.62. The van der Waals surface area contributed by atoms with Crippen molar-refractivity contribution in [3.05, 3.63) is 29.8 Å². The number of methoxy groups -OCH3 is 1. The smallest absolute Gasteiger partial charge is 0.168 e. The van der Waals surface area contributed by atoms with Crippen molar-refractivity contribution in [3.63, 3.8) is 0 Å². The van der Waals surface area contributed by atoms with Gasteiger partial charge in [-0.3, -0.25) is 4.79 Å². The average Bonchev–Trinajstić information content (AvgIpc) is 2.78. The lowest BCUT2D eigenvalue weighted by molar-refractivity contribution is -0.136. The minimum Gasteiger partial charge on any atom is -0.497 e. The van der Waals surface area contributed by atoms with Gasteiger partial charge >= 0.3 is 0 Å². The van der Waals surface area contributed by atoms with E-state index in [1.54, 1.807) is 7.11 Å². The molecule has 2 rings (SSSR count). The van der Waals surface area contributed by atoms with Crippen LogP contribution in [0.25, 0.3) is 0 Å². The van der Waals surface area contributed by atoms with Crippen LogP contribution in [0.1, 0.15) is 25.3 Å². The third-order valence-electron chi connectivity index (χ3n) is 3.31. The second-order valence-corrected chi connectivity index (χ2v) is 4.63. The molecule has 17 heavy (non-hydrogen) atoms. The maximum atomic E-state index is 12.2. The van der Waals surface area contributed by atoms with E-state index in [0.29, 0.717) is 13.0 Å². The highest BCUT2D eigenvalue weighted by Gasteiger charge is 2.36. The molecule has 0 saturated carbocycles. The monoisotopic (exact) mass is 234 g/mol. The van der Waals surface area contributed by atoms with Crippen LogP contribution in [-0.2, 0) is 16.0 Å². The van der Waals surface area contributed by atoms with Gasteiger partial charge in [-0.2, -0.15) is 0 Å². The lowest BCUT2D eigenvalue weighted by Crippen LogP contribution is -2.35. The lowest BCUT2D eigenvalue weighted by Gasteiger charge is -2.21. The Bertz CT molecular complexity index is 406. The van der Waals surface area contributed by atoms with Gasteiger partial charge in [-0.1, -0.05) is 12.1 Å². The number of ketones is 1. The molecule has 0 bridgehead atoms. The van der Waals surface area contributed by atoms with Crippen LogP contribution in [-0.4, -0.2) is 25.1 Å². The van der Waals surface area contributed by atoms with Gasteiger partial charge in [0.05, 0.1) is 7.11 Å².